The SMILES string of the molecule is O=C(C1CC(=O)N(c2ccc(F)cc2F)C1)N1CCC2(CC1)OCCc1cn[nH]c12. The molecule has 3 aliphatic rings. The number of ether oxygens (including phenoxy) is 1. The zero-order valence-electron chi connectivity index (χ0n) is 16.4. The van der Waals surface area contributed by atoms with Gasteiger partial charge >= 0.3 is 0 Å². The minimum absolute atomic E-state index is 0.0108. The molecule has 7 nitrogen and oxygen atoms in total. The highest BCUT2D eigenvalue weighted by molar-refractivity contribution is 6.00. The highest BCUT2D eigenvalue weighted by atomic mass is 19.1. The van der Waals surface area contributed by atoms with E-state index in [4.69, 9.17) is 4.74 Å². The molecule has 2 aromatic rings. The molecule has 1 aromatic carbocycles. The number of halogens is 2. The lowest BCUT2D eigenvalue weighted by atomic mass is 9.83. The fourth-order valence-electron chi connectivity index (χ4n) is 4.87. The molecular weight excluding hydrogens is 394 g/mol. The van der Waals surface area contributed by atoms with Crippen LogP contribution in [0.5, 0.6) is 0 Å². The van der Waals surface area contributed by atoms with E-state index >= 15 is 0 Å². The maximum Gasteiger partial charge on any atom is 0.228 e. The van der Waals surface area contributed by atoms with Gasteiger partial charge in [0.25, 0.3) is 0 Å². The Morgan fingerprint density at radius 2 is 2.07 bits per heavy atom. The van der Waals surface area contributed by atoms with Gasteiger partial charge in [-0.3, -0.25) is 14.7 Å². The van der Waals surface area contributed by atoms with Gasteiger partial charge in [-0.05, 0) is 37.0 Å². The van der Waals surface area contributed by atoms with E-state index in [1.54, 1.807) is 4.90 Å². The molecule has 0 aliphatic carbocycles. The van der Waals surface area contributed by atoms with Crippen molar-refractivity contribution in [2.24, 2.45) is 5.92 Å². The van der Waals surface area contributed by atoms with E-state index in [1.165, 1.54) is 16.5 Å². The summed E-state index contributed by atoms with van der Waals surface area (Å²) in [5.41, 5.74) is 1.75. The van der Waals surface area contributed by atoms with Crippen molar-refractivity contribution in [3.63, 3.8) is 0 Å². The first-order valence-electron chi connectivity index (χ1n) is 10.2. The summed E-state index contributed by atoms with van der Waals surface area (Å²) in [5.74, 6) is -2.48. The summed E-state index contributed by atoms with van der Waals surface area (Å²) in [5, 5.41) is 7.21. The van der Waals surface area contributed by atoms with Crippen LogP contribution in [-0.2, 0) is 26.3 Å². The van der Waals surface area contributed by atoms with Gasteiger partial charge in [0.15, 0.2) is 0 Å². The molecule has 158 valence electrons. The molecule has 1 N–H and O–H groups in total. The molecule has 3 aliphatic heterocycles. The van der Waals surface area contributed by atoms with Crippen LogP contribution in [0.25, 0.3) is 0 Å². The van der Waals surface area contributed by atoms with Crippen molar-refractivity contribution in [1.82, 2.24) is 15.1 Å². The lowest BCUT2D eigenvalue weighted by Crippen LogP contribution is -2.50. The summed E-state index contributed by atoms with van der Waals surface area (Å²) in [6, 6.07) is 3.09. The van der Waals surface area contributed by atoms with Crippen LogP contribution in [-0.4, -0.2) is 53.2 Å². The third kappa shape index (κ3) is 3.08. The number of rotatable bonds is 2. The number of hydrogen-bond acceptors (Lipinski definition) is 4. The third-order valence-corrected chi connectivity index (χ3v) is 6.48. The molecule has 1 unspecified atom stereocenters. The summed E-state index contributed by atoms with van der Waals surface area (Å²) in [4.78, 5) is 28.5. The first-order valence-corrected chi connectivity index (χ1v) is 10.2. The van der Waals surface area contributed by atoms with Gasteiger partial charge in [0.05, 0.1) is 30.1 Å². The van der Waals surface area contributed by atoms with E-state index in [-0.39, 0.29) is 30.5 Å². The molecule has 2 fully saturated rings. The molecular formula is C21H22F2N4O3. The molecule has 4 heterocycles. The molecule has 2 amide bonds. The summed E-state index contributed by atoms with van der Waals surface area (Å²) < 4.78 is 33.4. The van der Waals surface area contributed by atoms with Crippen molar-refractivity contribution in [3.8, 4) is 0 Å². The van der Waals surface area contributed by atoms with Crippen molar-refractivity contribution < 1.29 is 23.1 Å². The fourth-order valence-corrected chi connectivity index (χ4v) is 4.87. The summed E-state index contributed by atoms with van der Waals surface area (Å²) in [7, 11) is 0. The number of hydrogen-bond donors (Lipinski definition) is 1. The van der Waals surface area contributed by atoms with Crippen molar-refractivity contribution in [3.05, 3.63) is 47.3 Å². The average molecular weight is 416 g/mol. The molecule has 1 aromatic heterocycles. The van der Waals surface area contributed by atoms with Gasteiger partial charge in [0, 0.05) is 32.1 Å². The number of carbonyl (C=O) groups excluding carboxylic acids is 2. The Kier molecular flexibility index (Phi) is 4.57. The highest BCUT2D eigenvalue weighted by Gasteiger charge is 2.45. The minimum Gasteiger partial charge on any atom is -0.368 e. The molecule has 5 rings (SSSR count). The molecule has 9 heteroatoms. The van der Waals surface area contributed by atoms with Crippen LogP contribution in [0, 0.1) is 17.6 Å². The van der Waals surface area contributed by atoms with E-state index in [2.05, 4.69) is 10.2 Å². The smallest absolute Gasteiger partial charge is 0.228 e. The van der Waals surface area contributed by atoms with Crippen LogP contribution < -0.4 is 4.90 Å². The number of carbonyl (C=O) groups is 2. The van der Waals surface area contributed by atoms with Crippen LogP contribution in [0.1, 0.15) is 30.5 Å². The van der Waals surface area contributed by atoms with Gasteiger partial charge in [-0.2, -0.15) is 5.10 Å². The Morgan fingerprint density at radius 1 is 1.27 bits per heavy atom. The minimum atomic E-state index is -0.804. The maximum absolute atomic E-state index is 14.1. The fraction of sp³-hybridized carbons (Fsp3) is 0.476. The van der Waals surface area contributed by atoms with Crippen molar-refractivity contribution in [1.29, 1.82) is 0 Å². The van der Waals surface area contributed by atoms with Crippen LogP contribution in [0.4, 0.5) is 14.5 Å². The second-order valence-electron chi connectivity index (χ2n) is 8.19. The number of fused-ring (bicyclic) bond motifs is 2. The van der Waals surface area contributed by atoms with Crippen LogP contribution in [0.3, 0.4) is 0 Å². The number of H-pyrrole nitrogens is 1. The first-order chi connectivity index (χ1) is 14.5. The molecule has 1 atom stereocenters. The number of aromatic amines is 1. The van der Waals surface area contributed by atoms with E-state index in [9.17, 15) is 18.4 Å². The maximum atomic E-state index is 14.1. The average Bonchev–Trinajstić information content (AvgIpc) is 3.36. The van der Waals surface area contributed by atoms with Gasteiger partial charge < -0.3 is 14.5 Å². The predicted molar refractivity (Wildman–Crippen MR) is 103 cm³/mol. The molecule has 0 saturated carbocycles. The summed E-state index contributed by atoms with van der Waals surface area (Å²) in [6.07, 6.45) is 4.01. The predicted octanol–water partition coefficient (Wildman–Crippen LogP) is 2.13. The number of amides is 2. The monoisotopic (exact) mass is 416 g/mol. The largest absolute Gasteiger partial charge is 0.368 e. The standard InChI is InChI=1S/C21H22F2N4O3/c22-15-1-2-17(16(23)10-15)27-12-14(9-18(27)28)20(29)26-6-4-21(5-7-26)19-13(3-8-30-21)11-24-25-19/h1-2,10-11,14H,3-9,12H2,(H,24,25). The number of nitrogens with zero attached hydrogens (tertiary/aromatic N) is 3. The highest BCUT2D eigenvalue weighted by Crippen LogP contribution is 2.41. The Balaban J connectivity index is 1.26. The zero-order valence-corrected chi connectivity index (χ0v) is 16.4. The Morgan fingerprint density at radius 3 is 2.83 bits per heavy atom. The van der Waals surface area contributed by atoms with Crippen molar-refractivity contribution in [2.75, 3.05) is 31.1 Å². The molecule has 2 saturated heterocycles. The van der Waals surface area contributed by atoms with Crippen LogP contribution >= 0.6 is 0 Å². The molecule has 0 radical (unpaired) electrons. The Hall–Kier alpha value is -2.81. The topological polar surface area (TPSA) is 78.5 Å². The lowest BCUT2D eigenvalue weighted by Gasteiger charge is -2.43. The second-order valence-corrected chi connectivity index (χ2v) is 8.19. The Labute approximate surface area is 172 Å². The second kappa shape index (κ2) is 7.16. The Bertz CT molecular complexity index is 1000. The van der Waals surface area contributed by atoms with Gasteiger partial charge in [-0.15, -0.1) is 0 Å². The van der Waals surface area contributed by atoms with E-state index in [0.717, 1.165) is 24.2 Å². The van der Waals surface area contributed by atoms with Gasteiger partial charge in [0.2, 0.25) is 11.8 Å². The first kappa shape index (κ1) is 19.2. The number of anilines is 1. The number of benzene rings is 1. The number of likely N-dealkylation sites (tertiary alicyclic amines) is 1. The van der Waals surface area contributed by atoms with Crippen LogP contribution in [0.2, 0.25) is 0 Å². The van der Waals surface area contributed by atoms with E-state index < -0.39 is 23.2 Å². The number of nitrogens with one attached hydrogen (secondary N) is 1. The van der Waals surface area contributed by atoms with Gasteiger partial charge in [-0.1, -0.05) is 0 Å². The van der Waals surface area contributed by atoms with E-state index in [0.29, 0.717) is 32.5 Å². The third-order valence-electron chi connectivity index (χ3n) is 6.48. The molecule has 0 bridgehead atoms. The zero-order chi connectivity index (χ0) is 20.9. The van der Waals surface area contributed by atoms with Crippen molar-refractivity contribution >= 4 is 17.5 Å². The van der Waals surface area contributed by atoms with Gasteiger partial charge in [0.1, 0.15) is 17.2 Å². The van der Waals surface area contributed by atoms with Crippen LogP contribution in [0.15, 0.2) is 24.4 Å². The van der Waals surface area contributed by atoms with E-state index in [1.807, 2.05) is 6.20 Å². The number of piperidine rings is 1. The summed E-state index contributed by atoms with van der Waals surface area (Å²) in [6.45, 7) is 1.78. The molecule has 1 spiro atoms. The normalized spacial score (nSPS) is 23.1. The molecule has 30 heavy (non-hydrogen) atoms. The quantitative estimate of drug-likeness (QED) is 0.814. The van der Waals surface area contributed by atoms with Gasteiger partial charge in [-0.25, -0.2) is 8.78 Å². The lowest BCUT2D eigenvalue weighted by molar-refractivity contribution is -0.145. The van der Waals surface area contributed by atoms with Crippen molar-refractivity contribution in [2.45, 2.75) is 31.3 Å². The number of aromatic nitrogens is 2. The summed E-state index contributed by atoms with van der Waals surface area (Å²) >= 11 is 0.